The third-order valence-electron chi connectivity index (χ3n) is 3.46. The highest BCUT2D eigenvalue weighted by molar-refractivity contribution is 8.00. The number of thioether (sulfide) groups is 1. The topological polar surface area (TPSA) is 62.3 Å². The van der Waals surface area contributed by atoms with Gasteiger partial charge < -0.3 is 10.2 Å². The number of hydrogen-bond donors (Lipinski definition) is 1. The van der Waals surface area contributed by atoms with Crippen LogP contribution in [0.5, 0.6) is 0 Å². The minimum atomic E-state index is -0.184. The third-order valence-corrected chi connectivity index (χ3v) is 4.41. The molecule has 1 N–H and O–H groups in total. The molecular weight excluding hydrogens is 322 g/mol. The van der Waals surface area contributed by atoms with E-state index in [0.717, 1.165) is 11.3 Å². The lowest BCUT2D eigenvalue weighted by molar-refractivity contribution is -0.130. The van der Waals surface area contributed by atoms with Gasteiger partial charge in [0, 0.05) is 11.9 Å². The van der Waals surface area contributed by atoms with Gasteiger partial charge in [0.25, 0.3) is 0 Å². The maximum Gasteiger partial charge on any atom is 0.244 e. The van der Waals surface area contributed by atoms with Crippen molar-refractivity contribution in [2.24, 2.45) is 0 Å². The van der Waals surface area contributed by atoms with E-state index in [4.69, 9.17) is 0 Å². The average Bonchev–Trinajstić information content (AvgIpc) is 2.99. The largest absolute Gasteiger partial charge is 0.325 e. The molecule has 0 bridgehead atoms. The van der Waals surface area contributed by atoms with Crippen molar-refractivity contribution in [2.75, 3.05) is 23.5 Å². The zero-order chi connectivity index (χ0) is 16.8. The van der Waals surface area contributed by atoms with Gasteiger partial charge in [-0.15, -0.1) is 11.8 Å². The highest BCUT2D eigenvalue weighted by Crippen LogP contribution is 2.16. The van der Waals surface area contributed by atoms with Crippen LogP contribution in [0.4, 0.5) is 5.69 Å². The van der Waals surface area contributed by atoms with Crippen molar-refractivity contribution in [3.05, 3.63) is 59.9 Å². The summed E-state index contributed by atoms with van der Waals surface area (Å²) in [6.07, 6.45) is 5.61. The highest BCUT2D eigenvalue weighted by Gasteiger charge is 2.22. The Balaban J connectivity index is 1.61. The predicted molar refractivity (Wildman–Crippen MR) is 97.3 cm³/mol. The summed E-state index contributed by atoms with van der Waals surface area (Å²) >= 11 is 1.53. The van der Waals surface area contributed by atoms with Crippen molar-refractivity contribution in [1.29, 1.82) is 0 Å². The van der Waals surface area contributed by atoms with Crippen LogP contribution in [-0.2, 0) is 9.59 Å². The number of aromatic nitrogens is 1. The molecule has 6 heteroatoms. The Labute approximate surface area is 144 Å². The first-order valence-corrected chi connectivity index (χ1v) is 8.71. The van der Waals surface area contributed by atoms with Gasteiger partial charge in [-0.25, -0.2) is 0 Å². The Bertz CT molecular complexity index is 762. The zero-order valence-electron chi connectivity index (χ0n) is 13.0. The monoisotopic (exact) mass is 339 g/mol. The summed E-state index contributed by atoms with van der Waals surface area (Å²) in [4.78, 5) is 29.4. The fourth-order valence-electron chi connectivity index (χ4n) is 2.29. The summed E-state index contributed by atoms with van der Waals surface area (Å²) in [5.41, 5.74) is 2.55. The molecule has 1 fully saturated rings. The van der Waals surface area contributed by atoms with E-state index in [-0.39, 0.29) is 18.4 Å². The fourth-order valence-corrected chi connectivity index (χ4v) is 3.19. The first-order valence-electron chi connectivity index (χ1n) is 7.55. The molecule has 0 spiro atoms. The molecule has 0 unspecified atom stereocenters. The maximum absolute atomic E-state index is 12.1. The number of rotatable bonds is 5. The van der Waals surface area contributed by atoms with Crippen LogP contribution in [0.2, 0.25) is 0 Å². The van der Waals surface area contributed by atoms with E-state index in [0.29, 0.717) is 17.3 Å². The second kappa shape index (κ2) is 7.79. The molecule has 2 heterocycles. The standard InChI is InChI=1S/C18H17N3O2S/c22-17(11-21-13-24-12-18(21)23)20-16-6-3-4-14(10-16)7-8-15-5-1-2-9-19-15/h1-10H,11-13H2,(H,20,22). The van der Waals surface area contributed by atoms with Crippen molar-refractivity contribution in [2.45, 2.75) is 0 Å². The number of nitrogens with zero attached hydrogens (tertiary/aromatic N) is 2. The predicted octanol–water partition coefficient (Wildman–Crippen LogP) is 2.72. The molecule has 1 aliphatic heterocycles. The Morgan fingerprint density at radius 1 is 1.25 bits per heavy atom. The normalized spacial score (nSPS) is 14.3. The van der Waals surface area contributed by atoms with Crippen LogP contribution < -0.4 is 5.32 Å². The first kappa shape index (κ1) is 16.3. The second-order valence-corrected chi connectivity index (χ2v) is 6.29. The molecule has 1 saturated heterocycles. The van der Waals surface area contributed by atoms with Crippen LogP contribution in [0.3, 0.4) is 0 Å². The molecule has 2 aromatic rings. The third kappa shape index (κ3) is 4.45. The van der Waals surface area contributed by atoms with E-state index in [1.165, 1.54) is 11.8 Å². The van der Waals surface area contributed by atoms with E-state index in [1.807, 2.05) is 54.6 Å². The van der Waals surface area contributed by atoms with Gasteiger partial charge in [-0.05, 0) is 35.9 Å². The molecule has 122 valence electrons. The van der Waals surface area contributed by atoms with E-state index < -0.39 is 0 Å². The van der Waals surface area contributed by atoms with Crippen LogP contribution in [0.1, 0.15) is 11.3 Å². The number of benzene rings is 1. The Morgan fingerprint density at radius 3 is 2.92 bits per heavy atom. The Kier molecular flexibility index (Phi) is 5.28. The van der Waals surface area contributed by atoms with Gasteiger partial charge in [-0.1, -0.05) is 24.3 Å². The van der Waals surface area contributed by atoms with Gasteiger partial charge in [0.15, 0.2) is 0 Å². The lowest BCUT2D eigenvalue weighted by atomic mass is 10.1. The molecule has 1 aromatic carbocycles. The number of carbonyl (C=O) groups is 2. The van der Waals surface area contributed by atoms with Gasteiger partial charge in [-0.3, -0.25) is 14.6 Å². The van der Waals surface area contributed by atoms with E-state index >= 15 is 0 Å². The summed E-state index contributed by atoms with van der Waals surface area (Å²) in [5.74, 6) is 0.874. The summed E-state index contributed by atoms with van der Waals surface area (Å²) in [6.45, 7) is 0.0971. The number of carbonyl (C=O) groups excluding carboxylic acids is 2. The molecule has 0 saturated carbocycles. The van der Waals surface area contributed by atoms with Gasteiger partial charge in [0.2, 0.25) is 11.8 Å². The second-order valence-electron chi connectivity index (χ2n) is 5.33. The number of hydrogen-bond acceptors (Lipinski definition) is 4. The van der Waals surface area contributed by atoms with E-state index in [9.17, 15) is 9.59 Å². The fraction of sp³-hybridized carbons (Fsp3) is 0.167. The molecule has 2 amide bonds. The first-order chi connectivity index (χ1) is 11.7. The number of anilines is 1. The quantitative estimate of drug-likeness (QED) is 0.910. The van der Waals surface area contributed by atoms with E-state index in [1.54, 1.807) is 11.1 Å². The van der Waals surface area contributed by atoms with Crippen molar-refractivity contribution in [3.8, 4) is 0 Å². The van der Waals surface area contributed by atoms with Crippen LogP contribution >= 0.6 is 11.8 Å². The SMILES string of the molecule is O=C(CN1CSCC1=O)Nc1cccc(C=Cc2ccccn2)c1. The summed E-state index contributed by atoms with van der Waals surface area (Å²) in [6, 6.07) is 13.3. The molecule has 24 heavy (non-hydrogen) atoms. The Hall–Kier alpha value is -2.60. The van der Waals surface area contributed by atoms with Crippen molar-refractivity contribution >= 4 is 41.4 Å². The lowest BCUT2D eigenvalue weighted by Gasteiger charge is -2.14. The smallest absolute Gasteiger partial charge is 0.244 e. The summed E-state index contributed by atoms with van der Waals surface area (Å²) in [7, 11) is 0. The van der Waals surface area contributed by atoms with Gasteiger partial charge >= 0.3 is 0 Å². The highest BCUT2D eigenvalue weighted by atomic mass is 32.2. The number of pyridine rings is 1. The number of amides is 2. The molecular formula is C18H17N3O2S. The summed E-state index contributed by atoms with van der Waals surface area (Å²) in [5, 5.41) is 2.84. The van der Waals surface area contributed by atoms with Crippen LogP contribution in [0.25, 0.3) is 12.2 Å². The summed E-state index contributed by atoms with van der Waals surface area (Å²) < 4.78 is 0. The minimum absolute atomic E-state index is 0.0159. The van der Waals surface area contributed by atoms with Crippen LogP contribution in [0, 0.1) is 0 Å². The van der Waals surface area contributed by atoms with Crippen molar-refractivity contribution in [3.63, 3.8) is 0 Å². The van der Waals surface area contributed by atoms with Crippen LogP contribution in [0.15, 0.2) is 48.7 Å². The molecule has 0 radical (unpaired) electrons. The maximum atomic E-state index is 12.1. The van der Waals surface area contributed by atoms with Crippen molar-refractivity contribution < 1.29 is 9.59 Å². The lowest BCUT2D eigenvalue weighted by Crippen LogP contribution is -2.34. The van der Waals surface area contributed by atoms with E-state index in [2.05, 4.69) is 10.3 Å². The average molecular weight is 339 g/mol. The molecule has 3 rings (SSSR count). The van der Waals surface area contributed by atoms with Gasteiger partial charge in [0.05, 0.1) is 17.3 Å². The van der Waals surface area contributed by atoms with Crippen LogP contribution in [-0.4, -0.2) is 39.9 Å². The molecule has 1 aromatic heterocycles. The molecule has 0 atom stereocenters. The minimum Gasteiger partial charge on any atom is -0.325 e. The molecule has 1 aliphatic rings. The van der Waals surface area contributed by atoms with Gasteiger partial charge in [-0.2, -0.15) is 0 Å². The zero-order valence-corrected chi connectivity index (χ0v) is 13.8. The number of nitrogens with one attached hydrogen (secondary N) is 1. The van der Waals surface area contributed by atoms with Crippen molar-refractivity contribution in [1.82, 2.24) is 9.88 Å². The molecule has 0 aliphatic carbocycles. The van der Waals surface area contributed by atoms with Gasteiger partial charge in [0.1, 0.15) is 6.54 Å². The Morgan fingerprint density at radius 2 is 2.17 bits per heavy atom. The molecule has 5 nitrogen and oxygen atoms in total.